The van der Waals surface area contributed by atoms with Gasteiger partial charge in [-0.2, -0.15) is 0 Å². The molecule has 2 aromatic heterocycles. The van der Waals surface area contributed by atoms with E-state index in [1.54, 1.807) is 52.1 Å². The first kappa shape index (κ1) is 17.5. The number of aromatic amines is 1. The maximum Gasteiger partial charge on any atom is 0.414 e. The monoisotopic (exact) mass is 356 g/mol. The average Bonchev–Trinajstić information content (AvgIpc) is 2.90. The summed E-state index contributed by atoms with van der Waals surface area (Å²) >= 11 is 0. The van der Waals surface area contributed by atoms with Gasteiger partial charge in [-0.15, -0.1) is 0 Å². The van der Waals surface area contributed by atoms with E-state index in [4.69, 9.17) is 10.5 Å². The highest BCUT2D eigenvalue weighted by atomic mass is 16.6. The van der Waals surface area contributed by atoms with Gasteiger partial charge in [-0.1, -0.05) is 0 Å². The fourth-order valence-corrected chi connectivity index (χ4v) is 2.44. The van der Waals surface area contributed by atoms with Crippen molar-refractivity contribution in [2.45, 2.75) is 26.4 Å². The van der Waals surface area contributed by atoms with E-state index in [0.717, 1.165) is 0 Å². The molecule has 26 heavy (non-hydrogen) atoms. The number of nitrogens with one attached hydrogen (secondary N) is 1. The zero-order valence-electron chi connectivity index (χ0n) is 15.0. The molecule has 9 nitrogen and oxygen atoms in total. The Morgan fingerprint density at radius 3 is 2.50 bits per heavy atom. The molecule has 0 aliphatic heterocycles. The molecule has 0 atom stereocenters. The lowest BCUT2D eigenvalue weighted by atomic mass is 10.2. The number of benzene rings is 1. The third-order valence-corrected chi connectivity index (χ3v) is 3.67. The van der Waals surface area contributed by atoms with Gasteiger partial charge in [0, 0.05) is 12.7 Å². The van der Waals surface area contributed by atoms with Crippen LogP contribution in [-0.2, 0) is 4.74 Å². The number of nitrogens with zero attached hydrogens (tertiary/aromatic N) is 4. The number of imidazole rings is 1. The van der Waals surface area contributed by atoms with Gasteiger partial charge in [-0.25, -0.2) is 24.1 Å². The summed E-state index contributed by atoms with van der Waals surface area (Å²) < 4.78 is 6.74. The number of hydrogen-bond acceptors (Lipinski definition) is 6. The molecule has 3 N–H and O–H groups in total. The van der Waals surface area contributed by atoms with Crippen molar-refractivity contribution in [1.82, 2.24) is 19.5 Å². The van der Waals surface area contributed by atoms with Gasteiger partial charge in [0.05, 0.1) is 5.69 Å². The Morgan fingerprint density at radius 1 is 1.23 bits per heavy atom. The number of anilines is 2. The first-order valence-electron chi connectivity index (χ1n) is 7.96. The van der Waals surface area contributed by atoms with Gasteiger partial charge in [0.2, 0.25) is 0 Å². The molecule has 0 aliphatic carbocycles. The summed E-state index contributed by atoms with van der Waals surface area (Å²) in [5, 5.41) is 0. The van der Waals surface area contributed by atoms with E-state index >= 15 is 0 Å². The Morgan fingerprint density at radius 2 is 1.88 bits per heavy atom. The zero-order chi connectivity index (χ0) is 19.1. The second-order valence-corrected chi connectivity index (χ2v) is 6.78. The highest BCUT2D eigenvalue weighted by Crippen LogP contribution is 2.21. The molecule has 2 heterocycles. The first-order chi connectivity index (χ1) is 12.2. The second-order valence-electron chi connectivity index (χ2n) is 6.78. The summed E-state index contributed by atoms with van der Waals surface area (Å²) in [6.45, 7) is 5.41. The van der Waals surface area contributed by atoms with Crippen LogP contribution in [-0.4, -0.2) is 38.3 Å². The smallest absolute Gasteiger partial charge is 0.414 e. The third kappa shape index (κ3) is 3.23. The van der Waals surface area contributed by atoms with E-state index in [1.807, 2.05) is 0 Å². The molecule has 0 fully saturated rings. The maximum atomic E-state index is 12.3. The van der Waals surface area contributed by atoms with E-state index in [2.05, 4.69) is 15.0 Å². The van der Waals surface area contributed by atoms with Crippen molar-refractivity contribution >= 4 is 28.8 Å². The molecule has 0 radical (unpaired) electrons. The Hall–Kier alpha value is -3.36. The first-order valence-corrected chi connectivity index (χ1v) is 7.96. The number of H-pyrrole nitrogens is 1. The molecule has 0 aliphatic rings. The molecule has 3 aromatic rings. The van der Waals surface area contributed by atoms with Crippen molar-refractivity contribution in [2.75, 3.05) is 17.7 Å². The van der Waals surface area contributed by atoms with Gasteiger partial charge < -0.3 is 15.5 Å². The van der Waals surface area contributed by atoms with Gasteiger partial charge in [-0.3, -0.25) is 4.90 Å². The van der Waals surface area contributed by atoms with Crippen LogP contribution in [0.15, 0.2) is 35.4 Å². The van der Waals surface area contributed by atoms with Gasteiger partial charge in [0.25, 0.3) is 0 Å². The molecular weight excluding hydrogens is 336 g/mol. The molecule has 0 saturated heterocycles. The van der Waals surface area contributed by atoms with E-state index < -0.39 is 11.7 Å². The zero-order valence-corrected chi connectivity index (χ0v) is 15.0. The van der Waals surface area contributed by atoms with Crippen molar-refractivity contribution in [3.63, 3.8) is 0 Å². The number of rotatable bonds is 2. The summed E-state index contributed by atoms with van der Waals surface area (Å²) in [6, 6.07) is 6.86. The molecular formula is C17H20N6O3. The van der Waals surface area contributed by atoms with Crippen LogP contribution < -0.4 is 16.3 Å². The summed E-state index contributed by atoms with van der Waals surface area (Å²) in [4.78, 5) is 36.5. The summed E-state index contributed by atoms with van der Waals surface area (Å²) in [5.41, 5.74) is 6.80. The second kappa shape index (κ2) is 6.17. The molecule has 3 rings (SSSR count). The molecule has 0 unspecified atom stereocenters. The molecule has 0 bridgehead atoms. The summed E-state index contributed by atoms with van der Waals surface area (Å²) in [5.74, 6) is 0.201. The van der Waals surface area contributed by atoms with E-state index in [0.29, 0.717) is 22.5 Å². The van der Waals surface area contributed by atoms with Crippen LogP contribution in [0.5, 0.6) is 0 Å². The van der Waals surface area contributed by atoms with E-state index in [-0.39, 0.29) is 11.5 Å². The molecule has 1 aromatic carbocycles. The van der Waals surface area contributed by atoms with Crippen LogP contribution >= 0.6 is 0 Å². The van der Waals surface area contributed by atoms with Crippen LogP contribution in [0.4, 0.5) is 16.3 Å². The minimum absolute atomic E-state index is 0.201. The summed E-state index contributed by atoms with van der Waals surface area (Å²) in [7, 11) is 1.62. The largest absolute Gasteiger partial charge is 0.443 e. The SMILES string of the molecule is CN(C(=O)OC(C)(C)C)c1ccc(-n2c(=O)[nH]c3c(N)ncnc32)cc1. The molecule has 136 valence electrons. The lowest BCUT2D eigenvalue weighted by Crippen LogP contribution is -2.34. The standard InChI is InChI=1S/C17H20N6O3/c1-17(2,3)26-16(25)22(4)10-5-7-11(8-6-10)23-14-12(21-15(23)24)13(18)19-9-20-14/h5-9H,1-4H3,(H,21,24)(H2,18,19,20). The Bertz CT molecular complexity index is 1010. The lowest BCUT2D eigenvalue weighted by molar-refractivity contribution is 0.0589. The van der Waals surface area contributed by atoms with Gasteiger partial charge in [0.1, 0.15) is 17.4 Å². The van der Waals surface area contributed by atoms with E-state index in [1.165, 1.54) is 15.8 Å². The van der Waals surface area contributed by atoms with Crippen LogP contribution in [0.25, 0.3) is 16.9 Å². The third-order valence-electron chi connectivity index (χ3n) is 3.67. The predicted octanol–water partition coefficient (Wildman–Crippen LogP) is 2.06. The molecule has 1 amide bonds. The average molecular weight is 356 g/mol. The fourth-order valence-electron chi connectivity index (χ4n) is 2.44. The van der Waals surface area contributed by atoms with Crippen molar-refractivity contribution in [3.05, 3.63) is 41.1 Å². The quantitative estimate of drug-likeness (QED) is 0.725. The number of carbonyl (C=O) groups is 1. The predicted molar refractivity (Wildman–Crippen MR) is 98.5 cm³/mol. The van der Waals surface area contributed by atoms with Crippen LogP contribution in [0.1, 0.15) is 20.8 Å². The highest BCUT2D eigenvalue weighted by Gasteiger charge is 2.21. The minimum atomic E-state index is -0.581. The number of aromatic nitrogens is 4. The number of nitrogen functional groups attached to an aromatic ring is 1. The normalized spacial score (nSPS) is 11.5. The molecule has 0 spiro atoms. The number of carbonyl (C=O) groups excluding carboxylic acids is 1. The number of ether oxygens (including phenoxy) is 1. The van der Waals surface area contributed by atoms with Crippen molar-refractivity contribution < 1.29 is 9.53 Å². The van der Waals surface area contributed by atoms with Gasteiger partial charge in [0.15, 0.2) is 11.5 Å². The number of amides is 1. The lowest BCUT2D eigenvalue weighted by Gasteiger charge is -2.24. The topological polar surface area (TPSA) is 119 Å². The van der Waals surface area contributed by atoms with E-state index in [9.17, 15) is 9.59 Å². The van der Waals surface area contributed by atoms with Crippen molar-refractivity contribution in [2.24, 2.45) is 0 Å². The Labute approximate surface area is 149 Å². The number of nitrogens with two attached hydrogens (primary N) is 1. The molecule has 9 heteroatoms. The number of fused-ring (bicyclic) bond motifs is 1. The molecule has 0 saturated carbocycles. The van der Waals surface area contributed by atoms with Crippen LogP contribution in [0.2, 0.25) is 0 Å². The van der Waals surface area contributed by atoms with Crippen LogP contribution in [0.3, 0.4) is 0 Å². The fraction of sp³-hybridized carbons (Fsp3) is 0.294. The van der Waals surface area contributed by atoms with Crippen molar-refractivity contribution in [3.8, 4) is 5.69 Å². The Kier molecular flexibility index (Phi) is 4.15. The van der Waals surface area contributed by atoms with Crippen molar-refractivity contribution in [1.29, 1.82) is 0 Å². The van der Waals surface area contributed by atoms with Gasteiger partial charge in [-0.05, 0) is 45.0 Å². The maximum absolute atomic E-state index is 12.3. The minimum Gasteiger partial charge on any atom is -0.443 e. The van der Waals surface area contributed by atoms with Gasteiger partial charge >= 0.3 is 11.8 Å². The summed E-state index contributed by atoms with van der Waals surface area (Å²) in [6.07, 6.45) is 0.835. The highest BCUT2D eigenvalue weighted by molar-refractivity contribution is 5.87. The van der Waals surface area contributed by atoms with Crippen LogP contribution in [0, 0.1) is 0 Å². The number of hydrogen-bond donors (Lipinski definition) is 2. The Balaban J connectivity index is 1.94.